The first-order valence-corrected chi connectivity index (χ1v) is 3.19. The van der Waals surface area contributed by atoms with Gasteiger partial charge in [0, 0.05) is 6.42 Å². The summed E-state index contributed by atoms with van der Waals surface area (Å²) in [7, 11) is 1.49. The predicted octanol–water partition coefficient (Wildman–Crippen LogP) is -0.476. The molecular weight excluding hydrogens is 149 g/mol. The van der Waals surface area contributed by atoms with E-state index in [1.165, 1.54) is 7.05 Å². The lowest BCUT2D eigenvalue weighted by Gasteiger charge is -2.07. The molecular formula is C6H11NO4. The van der Waals surface area contributed by atoms with Gasteiger partial charge in [-0.1, -0.05) is 0 Å². The smallest absolute Gasteiger partial charge is 0.320 e. The van der Waals surface area contributed by atoms with Crippen molar-refractivity contribution in [2.75, 3.05) is 7.05 Å². The highest BCUT2D eigenvalue weighted by atomic mass is 16.4. The molecule has 0 aliphatic carbocycles. The Morgan fingerprint density at radius 1 is 1.45 bits per heavy atom. The van der Waals surface area contributed by atoms with E-state index < -0.39 is 18.0 Å². The van der Waals surface area contributed by atoms with E-state index in [9.17, 15) is 9.59 Å². The third kappa shape index (κ3) is 4.32. The second kappa shape index (κ2) is 4.68. The van der Waals surface area contributed by atoms with Crippen LogP contribution in [0.1, 0.15) is 12.8 Å². The minimum Gasteiger partial charge on any atom is -0.481 e. The van der Waals surface area contributed by atoms with Gasteiger partial charge in [-0.15, -0.1) is 0 Å². The number of carboxylic acid groups (broad SMARTS) is 2. The van der Waals surface area contributed by atoms with E-state index in [1.807, 2.05) is 0 Å². The van der Waals surface area contributed by atoms with Crippen LogP contribution in [0.5, 0.6) is 0 Å². The van der Waals surface area contributed by atoms with Gasteiger partial charge in [0.05, 0.1) is 0 Å². The molecule has 5 heteroatoms. The first-order valence-electron chi connectivity index (χ1n) is 3.19. The van der Waals surface area contributed by atoms with Crippen molar-refractivity contribution in [3.8, 4) is 0 Å². The number of hydrogen-bond acceptors (Lipinski definition) is 3. The molecule has 0 aromatic heterocycles. The Morgan fingerprint density at radius 3 is 2.27 bits per heavy atom. The first-order chi connectivity index (χ1) is 5.07. The maximum Gasteiger partial charge on any atom is 0.320 e. The standard InChI is InChI=1S/C6H11NO4/c1-7-4(6(10)11)2-3-5(8)9/h4,7H,2-3H2,1H3,(H,8,9)(H,10,11)/t4-/m0/s1/i1-1. The maximum atomic E-state index is 10.3. The van der Waals surface area contributed by atoms with Crippen LogP contribution in [0.4, 0.5) is 0 Å². The average Bonchev–Trinajstić information content (AvgIpc) is 1.87. The van der Waals surface area contributed by atoms with Crippen LogP contribution in [0.25, 0.3) is 0 Å². The summed E-state index contributed by atoms with van der Waals surface area (Å²) in [6, 6.07) is -0.758. The fraction of sp³-hybridized carbons (Fsp3) is 0.667. The number of nitrogens with one attached hydrogen (secondary N) is 1. The zero-order valence-corrected chi connectivity index (χ0v) is 6.20. The summed E-state index contributed by atoms with van der Waals surface area (Å²) in [5, 5.41) is 19.1. The third-order valence-electron chi connectivity index (χ3n) is 1.29. The molecule has 0 aromatic rings. The van der Waals surface area contributed by atoms with Crippen molar-refractivity contribution < 1.29 is 19.8 Å². The van der Waals surface area contributed by atoms with Crippen molar-refractivity contribution in [2.45, 2.75) is 18.9 Å². The number of likely N-dealkylation sites (N-methyl/N-ethyl adjacent to an activating group) is 1. The Balaban J connectivity index is 3.70. The minimum absolute atomic E-state index is 0.112. The van der Waals surface area contributed by atoms with Gasteiger partial charge in [-0.2, -0.15) is 0 Å². The SMILES string of the molecule is [11CH3]N[C@@H](CCC(=O)O)C(=O)O. The van der Waals surface area contributed by atoms with Crippen LogP contribution >= 0.6 is 0 Å². The van der Waals surface area contributed by atoms with Crippen molar-refractivity contribution >= 4 is 11.9 Å². The van der Waals surface area contributed by atoms with Gasteiger partial charge in [0.1, 0.15) is 6.04 Å². The van der Waals surface area contributed by atoms with E-state index >= 15 is 0 Å². The van der Waals surface area contributed by atoms with Crippen LogP contribution in [-0.4, -0.2) is 35.2 Å². The summed E-state index contributed by atoms with van der Waals surface area (Å²) in [4.78, 5) is 20.3. The van der Waals surface area contributed by atoms with Crippen LogP contribution < -0.4 is 5.32 Å². The molecule has 0 saturated carbocycles. The normalized spacial score (nSPS) is 12.5. The first kappa shape index (κ1) is 9.90. The molecule has 11 heavy (non-hydrogen) atoms. The third-order valence-corrected chi connectivity index (χ3v) is 1.29. The fourth-order valence-electron chi connectivity index (χ4n) is 0.659. The Hall–Kier alpha value is -1.10. The van der Waals surface area contributed by atoms with Crippen molar-refractivity contribution in [3.05, 3.63) is 0 Å². The maximum absolute atomic E-state index is 10.3. The van der Waals surface area contributed by atoms with Gasteiger partial charge >= 0.3 is 11.9 Å². The molecule has 0 amide bonds. The highest BCUT2D eigenvalue weighted by molar-refractivity contribution is 5.74. The summed E-state index contributed by atoms with van der Waals surface area (Å²) in [6.45, 7) is 0. The van der Waals surface area contributed by atoms with Crippen molar-refractivity contribution in [3.63, 3.8) is 0 Å². The molecule has 0 heterocycles. The molecule has 64 valence electrons. The largest absolute Gasteiger partial charge is 0.481 e. The van der Waals surface area contributed by atoms with Gasteiger partial charge in [-0.05, 0) is 13.5 Å². The topological polar surface area (TPSA) is 86.6 Å². The summed E-state index contributed by atoms with van der Waals surface area (Å²) in [5.41, 5.74) is 0. The van der Waals surface area contributed by atoms with Crippen molar-refractivity contribution in [2.24, 2.45) is 0 Å². The van der Waals surface area contributed by atoms with Gasteiger partial charge in [0.2, 0.25) is 0 Å². The van der Waals surface area contributed by atoms with Crippen molar-refractivity contribution in [1.82, 2.24) is 5.32 Å². The molecule has 0 saturated heterocycles. The molecule has 0 radical (unpaired) electrons. The number of rotatable bonds is 5. The highest BCUT2D eigenvalue weighted by Gasteiger charge is 2.15. The Morgan fingerprint density at radius 2 is 2.00 bits per heavy atom. The molecule has 0 aliphatic rings. The highest BCUT2D eigenvalue weighted by Crippen LogP contribution is 1.96. The van der Waals surface area contributed by atoms with Gasteiger partial charge < -0.3 is 15.5 Å². The molecule has 0 bridgehead atoms. The molecule has 5 nitrogen and oxygen atoms in total. The Kier molecular flexibility index (Phi) is 4.21. The van der Waals surface area contributed by atoms with E-state index in [0.717, 1.165) is 0 Å². The second-order valence-electron chi connectivity index (χ2n) is 2.11. The van der Waals surface area contributed by atoms with Crippen LogP contribution in [0.2, 0.25) is 0 Å². The molecule has 0 aromatic carbocycles. The summed E-state index contributed by atoms with van der Waals surface area (Å²) in [5.74, 6) is -2.00. The molecule has 0 unspecified atom stereocenters. The summed E-state index contributed by atoms with van der Waals surface area (Å²) in [6.07, 6.45) is -0.0149. The molecule has 0 rings (SSSR count). The van der Waals surface area contributed by atoms with E-state index in [-0.39, 0.29) is 12.8 Å². The predicted molar refractivity (Wildman–Crippen MR) is 37.4 cm³/mol. The monoisotopic (exact) mass is 160 g/mol. The Labute approximate surface area is 64.0 Å². The second-order valence-corrected chi connectivity index (χ2v) is 2.11. The lowest BCUT2D eigenvalue weighted by Crippen LogP contribution is -2.34. The van der Waals surface area contributed by atoms with E-state index in [0.29, 0.717) is 0 Å². The lowest BCUT2D eigenvalue weighted by molar-refractivity contribution is -0.140. The quantitative estimate of drug-likeness (QED) is 0.505. The van der Waals surface area contributed by atoms with E-state index in [4.69, 9.17) is 10.2 Å². The van der Waals surface area contributed by atoms with Crippen LogP contribution in [0, 0.1) is 0 Å². The minimum atomic E-state index is -1.02. The number of carboxylic acids is 2. The molecule has 0 spiro atoms. The zero-order chi connectivity index (χ0) is 8.85. The van der Waals surface area contributed by atoms with E-state index in [2.05, 4.69) is 5.32 Å². The van der Waals surface area contributed by atoms with Gasteiger partial charge in [-0.3, -0.25) is 9.59 Å². The van der Waals surface area contributed by atoms with Crippen LogP contribution in [0.15, 0.2) is 0 Å². The molecule has 0 aliphatic heterocycles. The number of hydrogen-bond donors (Lipinski definition) is 3. The van der Waals surface area contributed by atoms with Crippen LogP contribution in [0.3, 0.4) is 0 Å². The average molecular weight is 160 g/mol. The molecule has 3 N–H and O–H groups in total. The van der Waals surface area contributed by atoms with Gasteiger partial charge in [0.15, 0.2) is 0 Å². The van der Waals surface area contributed by atoms with E-state index in [1.54, 1.807) is 0 Å². The van der Waals surface area contributed by atoms with Crippen LogP contribution in [-0.2, 0) is 9.59 Å². The summed E-state index contributed by atoms with van der Waals surface area (Å²) < 4.78 is 0. The molecule has 1 atom stereocenters. The van der Waals surface area contributed by atoms with Gasteiger partial charge in [-0.25, -0.2) is 0 Å². The number of aliphatic carboxylic acids is 2. The Bertz CT molecular complexity index is 157. The lowest BCUT2D eigenvalue weighted by atomic mass is 10.1. The molecule has 0 fully saturated rings. The zero-order valence-electron chi connectivity index (χ0n) is 6.20. The summed E-state index contributed by atoms with van der Waals surface area (Å²) >= 11 is 0. The number of carbonyl (C=O) groups is 2. The van der Waals surface area contributed by atoms with Crippen molar-refractivity contribution in [1.29, 1.82) is 0 Å². The van der Waals surface area contributed by atoms with Gasteiger partial charge in [0.25, 0.3) is 0 Å². The fourth-order valence-corrected chi connectivity index (χ4v) is 0.659.